The lowest BCUT2D eigenvalue weighted by molar-refractivity contribution is -0.550. The lowest BCUT2D eigenvalue weighted by Gasteiger charge is -2.11. The van der Waals surface area contributed by atoms with E-state index in [-0.39, 0.29) is 24.0 Å². The number of hydrogen-bond donors (Lipinski definition) is 2. The molecule has 1 heterocycles. The van der Waals surface area contributed by atoms with Crippen molar-refractivity contribution < 1.29 is 28.6 Å². The lowest BCUT2D eigenvalue weighted by Crippen LogP contribution is -3.00. The van der Waals surface area contributed by atoms with E-state index in [1.54, 1.807) is 0 Å². The standard InChI is InChI=1S/C9H17N3.HI/c1-11-9(10)12-6-2-3-8(12)7-4-5-7;/h7-8H,2-6H2,1H3,(H2,10,11);1H. The Bertz CT molecular complexity index is 211. The summed E-state index contributed by atoms with van der Waals surface area (Å²) in [5, 5.41) is 3.04. The minimum atomic E-state index is 0. The molecule has 0 aromatic rings. The number of nitrogens with zero attached hydrogens (tertiary/aromatic N) is 1. The van der Waals surface area contributed by atoms with E-state index in [9.17, 15) is 0 Å². The van der Waals surface area contributed by atoms with Gasteiger partial charge in [-0.15, -0.1) is 0 Å². The Labute approximate surface area is 96.8 Å². The van der Waals surface area contributed by atoms with Gasteiger partial charge in [0.2, 0.25) is 0 Å². The molecule has 13 heavy (non-hydrogen) atoms. The molecule has 2 fully saturated rings. The minimum Gasteiger partial charge on any atom is -1.00 e. The summed E-state index contributed by atoms with van der Waals surface area (Å²) in [6.07, 6.45) is 5.48. The van der Waals surface area contributed by atoms with E-state index >= 15 is 0 Å². The normalized spacial score (nSPS) is 31.0. The van der Waals surface area contributed by atoms with Crippen molar-refractivity contribution >= 4 is 5.96 Å². The van der Waals surface area contributed by atoms with Crippen molar-refractivity contribution in [1.82, 2.24) is 5.32 Å². The Morgan fingerprint density at radius 2 is 2.08 bits per heavy atom. The molecule has 4 heteroatoms. The number of hydrogen-bond acceptors (Lipinski definition) is 0. The van der Waals surface area contributed by atoms with Crippen molar-refractivity contribution in [2.45, 2.75) is 31.7 Å². The Kier molecular flexibility index (Phi) is 3.82. The first-order chi connectivity index (χ1) is 5.83. The summed E-state index contributed by atoms with van der Waals surface area (Å²) in [5.41, 5.74) is 5.87. The summed E-state index contributed by atoms with van der Waals surface area (Å²) < 4.78 is 2.34. The molecule has 1 saturated carbocycles. The maximum atomic E-state index is 5.87. The second kappa shape index (κ2) is 4.48. The van der Waals surface area contributed by atoms with Crippen LogP contribution in [0.5, 0.6) is 0 Å². The van der Waals surface area contributed by atoms with Crippen molar-refractivity contribution in [2.75, 3.05) is 13.6 Å². The first kappa shape index (κ1) is 11.1. The van der Waals surface area contributed by atoms with Gasteiger partial charge in [0, 0.05) is 0 Å². The molecule has 1 atom stereocenters. The van der Waals surface area contributed by atoms with Crippen LogP contribution >= 0.6 is 0 Å². The Morgan fingerprint density at radius 1 is 1.38 bits per heavy atom. The third-order valence-electron chi connectivity index (χ3n) is 3.03. The predicted octanol–water partition coefficient (Wildman–Crippen LogP) is -2.89. The van der Waals surface area contributed by atoms with Crippen molar-refractivity contribution in [1.29, 1.82) is 0 Å². The van der Waals surface area contributed by atoms with E-state index in [1.165, 1.54) is 25.7 Å². The summed E-state index contributed by atoms with van der Waals surface area (Å²) in [5.74, 6) is 1.81. The van der Waals surface area contributed by atoms with Gasteiger partial charge in [-0.05, 0) is 31.6 Å². The molecule has 3 nitrogen and oxygen atoms in total. The van der Waals surface area contributed by atoms with Gasteiger partial charge in [0.05, 0.1) is 19.6 Å². The molecule has 1 unspecified atom stereocenters. The predicted molar refractivity (Wildman–Crippen MR) is 49.1 cm³/mol. The summed E-state index contributed by atoms with van der Waals surface area (Å²) in [6.45, 7) is 1.15. The third kappa shape index (κ3) is 2.27. The van der Waals surface area contributed by atoms with Crippen molar-refractivity contribution in [3.8, 4) is 0 Å². The zero-order chi connectivity index (χ0) is 8.55. The van der Waals surface area contributed by atoms with Crippen molar-refractivity contribution in [3.63, 3.8) is 0 Å². The number of guanidine groups is 1. The molecule has 0 bridgehead atoms. The Hall–Kier alpha value is 0. The number of rotatable bonds is 1. The van der Waals surface area contributed by atoms with Crippen LogP contribution in [-0.2, 0) is 0 Å². The molecule has 2 aliphatic rings. The monoisotopic (exact) mass is 295 g/mol. The van der Waals surface area contributed by atoms with Gasteiger partial charge in [-0.25, -0.2) is 0 Å². The van der Waals surface area contributed by atoms with Crippen molar-refractivity contribution in [2.24, 2.45) is 11.7 Å². The molecule has 0 spiro atoms. The van der Waals surface area contributed by atoms with Gasteiger partial charge in [-0.2, -0.15) is 0 Å². The van der Waals surface area contributed by atoms with Crippen LogP contribution in [0.1, 0.15) is 25.7 Å². The fourth-order valence-electron chi connectivity index (χ4n) is 2.21. The van der Waals surface area contributed by atoms with Gasteiger partial charge in [-0.1, -0.05) is 0 Å². The van der Waals surface area contributed by atoms with E-state index in [1.807, 2.05) is 7.05 Å². The van der Waals surface area contributed by atoms with Gasteiger partial charge in [0.15, 0.2) is 0 Å². The van der Waals surface area contributed by atoms with Crippen LogP contribution < -0.4 is 35.0 Å². The Balaban J connectivity index is 0.000000845. The lowest BCUT2D eigenvalue weighted by atomic mass is 10.1. The summed E-state index contributed by atoms with van der Waals surface area (Å²) >= 11 is 0. The molecular formula is C9H18IN3. The SMILES string of the molecule is CNC(N)=[N+]1CCCC1C1CC1.[I-]. The topological polar surface area (TPSA) is 41.1 Å². The van der Waals surface area contributed by atoms with Gasteiger partial charge in [0.25, 0.3) is 0 Å². The van der Waals surface area contributed by atoms with E-state index in [0.29, 0.717) is 0 Å². The van der Waals surface area contributed by atoms with Gasteiger partial charge < -0.3 is 24.0 Å². The molecule has 0 radical (unpaired) electrons. The highest BCUT2D eigenvalue weighted by Crippen LogP contribution is 2.38. The average Bonchev–Trinajstić information content (AvgIpc) is 2.83. The number of nitrogens with two attached hydrogens (primary N) is 1. The third-order valence-corrected chi connectivity index (χ3v) is 3.03. The van der Waals surface area contributed by atoms with Crippen LogP contribution in [-0.4, -0.2) is 30.2 Å². The van der Waals surface area contributed by atoms with E-state index in [2.05, 4.69) is 9.89 Å². The van der Waals surface area contributed by atoms with E-state index in [4.69, 9.17) is 5.73 Å². The zero-order valence-electron chi connectivity index (χ0n) is 8.09. The fraction of sp³-hybridized carbons (Fsp3) is 0.889. The molecule has 1 saturated heterocycles. The largest absolute Gasteiger partial charge is 1.00 e. The van der Waals surface area contributed by atoms with Crippen LogP contribution in [0.4, 0.5) is 0 Å². The molecule has 0 aromatic heterocycles. The molecule has 1 aliphatic heterocycles. The fourth-order valence-corrected chi connectivity index (χ4v) is 2.21. The molecular weight excluding hydrogens is 277 g/mol. The van der Waals surface area contributed by atoms with Gasteiger partial charge in [-0.3, -0.25) is 15.6 Å². The van der Waals surface area contributed by atoms with E-state index < -0.39 is 0 Å². The number of halogens is 1. The summed E-state index contributed by atoms with van der Waals surface area (Å²) in [7, 11) is 1.90. The highest BCUT2D eigenvalue weighted by Gasteiger charge is 2.38. The second-order valence-corrected chi connectivity index (χ2v) is 3.88. The highest BCUT2D eigenvalue weighted by atomic mass is 127. The first-order valence-corrected chi connectivity index (χ1v) is 4.89. The van der Waals surface area contributed by atoms with Crippen molar-refractivity contribution in [3.05, 3.63) is 0 Å². The van der Waals surface area contributed by atoms with Crippen LogP contribution in [0.25, 0.3) is 0 Å². The quantitative estimate of drug-likeness (QED) is 0.310. The molecule has 0 amide bonds. The van der Waals surface area contributed by atoms with Gasteiger partial charge >= 0.3 is 5.96 Å². The average molecular weight is 295 g/mol. The van der Waals surface area contributed by atoms with Crippen LogP contribution in [0.3, 0.4) is 0 Å². The Morgan fingerprint density at radius 3 is 2.62 bits per heavy atom. The molecule has 0 aromatic carbocycles. The van der Waals surface area contributed by atoms with Crippen LogP contribution in [0, 0.1) is 5.92 Å². The van der Waals surface area contributed by atoms with Gasteiger partial charge in [0.1, 0.15) is 0 Å². The summed E-state index contributed by atoms with van der Waals surface area (Å²) in [4.78, 5) is 0. The smallest absolute Gasteiger partial charge is 0.343 e. The molecule has 2 rings (SSSR count). The first-order valence-electron chi connectivity index (χ1n) is 4.89. The summed E-state index contributed by atoms with van der Waals surface area (Å²) in [6, 6.07) is 0.748. The molecule has 3 N–H and O–H groups in total. The second-order valence-electron chi connectivity index (χ2n) is 3.88. The highest BCUT2D eigenvalue weighted by molar-refractivity contribution is 5.72. The maximum Gasteiger partial charge on any atom is 0.343 e. The minimum absolute atomic E-state index is 0. The molecule has 1 aliphatic carbocycles. The number of nitrogens with one attached hydrogen (secondary N) is 1. The molecule has 76 valence electrons. The maximum absolute atomic E-state index is 5.87. The zero-order valence-corrected chi connectivity index (χ0v) is 10.3. The van der Waals surface area contributed by atoms with E-state index in [0.717, 1.165) is 24.5 Å². The van der Waals surface area contributed by atoms with Crippen LogP contribution in [0.15, 0.2) is 0 Å². The van der Waals surface area contributed by atoms with Crippen LogP contribution in [0.2, 0.25) is 0 Å².